The Kier molecular flexibility index (Phi) is 2.81. The highest BCUT2D eigenvalue weighted by Crippen LogP contribution is 2.42. The molecule has 2 unspecified atom stereocenters. The molecular formula is C8H11ClO4. The molecule has 4 nitrogen and oxygen atoms in total. The Morgan fingerprint density at radius 3 is 2.69 bits per heavy atom. The predicted molar refractivity (Wildman–Crippen MR) is 45.6 cm³/mol. The Balaban J connectivity index is 2.87. The van der Waals surface area contributed by atoms with Crippen LogP contribution in [-0.2, 0) is 14.3 Å². The first kappa shape index (κ1) is 10.3. The zero-order valence-electron chi connectivity index (χ0n) is 7.25. The van der Waals surface area contributed by atoms with E-state index in [0.29, 0.717) is 19.3 Å². The van der Waals surface area contributed by atoms with Crippen LogP contribution in [0.5, 0.6) is 0 Å². The monoisotopic (exact) mass is 206 g/mol. The third-order valence-electron chi connectivity index (χ3n) is 2.41. The van der Waals surface area contributed by atoms with Gasteiger partial charge in [-0.1, -0.05) is 6.42 Å². The SMILES string of the molecule is COC(=O)C1(Cl)CCCC1C(=O)O. The molecule has 1 saturated carbocycles. The topological polar surface area (TPSA) is 63.6 Å². The van der Waals surface area contributed by atoms with Gasteiger partial charge in [0, 0.05) is 0 Å². The third kappa shape index (κ3) is 1.63. The Morgan fingerprint density at radius 2 is 2.23 bits per heavy atom. The number of aliphatic carboxylic acids is 1. The van der Waals surface area contributed by atoms with E-state index in [1.54, 1.807) is 0 Å². The summed E-state index contributed by atoms with van der Waals surface area (Å²) in [7, 11) is 1.21. The van der Waals surface area contributed by atoms with Gasteiger partial charge in [0.05, 0.1) is 13.0 Å². The highest BCUT2D eigenvalue weighted by molar-refractivity contribution is 6.35. The summed E-state index contributed by atoms with van der Waals surface area (Å²) < 4.78 is 4.48. The fourth-order valence-corrected chi connectivity index (χ4v) is 2.11. The van der Waals surface area contributed by atoms with Crippen molar-refractivity contribution in [2.75, 3.05) is 7.11 Å². The van der Waals surface area contributed by atoms with Crippen molar-refractivity contribution in [3.63, 3.8) is 0 Å². The molecule has 1 fully saturated rings. The molecule has 2 atom stereocenters. The molecule has 13 heavy (non-hydrogen) atoms. The van der Waals surface area contributed by atoms with Crippen LogP contribution in [0.4, 0.5) is 0 Å². The number of ether oxygens (including phenoxy) is 1. The van der Waals surface area contributed by atoms with Crippen LogP contribution in [0.3, 0.4) is 0 Å². The Morgan fingerprint density at radius 1 is 1.62 bits per heavy atom. The molecule has 0 aromatic rings. The zero-order chi connectivity index (χ0) is 10.1. The second kappa shape index (κ2) is 3.54. The minimum absolute atomic E-state index is 0.373. The quantitative estimate of drug-likeness (QED) is 0.541. The highest BCUT2D eigenvalue weighted by Gasteiger charge is 2.52. The van der Waals surface area contributed by atoms with Gasteiger partial charge >= 0.3 is 11.9 Å². The van der Waals surface area contributed by atoms with Crippen molar-refractivity contribution < 1.29 is 19.4 Å². The van der Waals surface area contributed by atoms with Crippen LogP contribution in [0.25, 0.3) is 0 Å². The molecule has 74 valence electrons. The number of halogens is 1. The van der Waals surface area contributed by atoms with Gasteiger partial charge in [-0.2, -0.15) is 0 Å². The number of carbonyl (C=O) groups is 2. The second-order valence-corrected chi connectivity index (χ2v) is 3.81. The normalized spacial score (nSPS) is 32.9. The molecule has 0 aliphatic heterocycles. The molecule has 5 heteroatoms. The maximum atomic E-state index is 11.2. The average Bonchev–Trinajstić information content (AvgIpc) is 2.47. The van der Waals surface area contributed by atoms with Crippen molar-refractivity contribution >= 4 is 23.5 Å². The number of hydrogen-bond acceptors (Lipinski definition) is 3. The second-order valence-electron chi connectivity index (χ2n) is 3.14. The van der Waals surface area contributed by atoms with Gasteiger partial charge in [-0.25, -0.2) is 0 Å². The third-order valence-corrected chi connectivity index (χ3v) is 3.02. The smallest absolute Gasteiger partial charge is 0.327 e. The van der Waals surface area contributed by atoms with E-state index < -0.39 is 22.7 Å². The molecular weight excluding hydrogens is 196 g/mol. The van der Waals surface area contributed by atoms with Gasteiger partial charge in [-0.15, -0.1) is 11.6 Å². The number of rotatable bonds is 2. The fourth-order valence-electron chi connectivity index (χ4n) is 1.70. The maximum Gasteiger partial charge on any atom is 0.327 e. The largest absolute Gasteiger partial charge is 0.481 e. The summed E-state index contributed by atoms with van der Waals surface area (Å²) >= 11 is 5.93. The number of carboxylic acids is 1. The fraction of sp³-hybridized carbons (Fsp3) is 0.750. The molecule has 0 bridgehead atoms. The Hall–Kier alpha value is -0.770. The molecule has 1 aliphatic carbocycles. The van der Waals surface area contributed by atoms with Crippen LogP contribution in [0.2, 0.25) is 0 Å². The summed E-state index contributed by atoms with van der Waals surface area (Å²) in [5.41, 5.74) is 0. The summed E-state index contributed by atoms with van der Waals surface area (Å²) in [5.74, 6) is -2.49. The van der Waals surface area contributed by atoms with Gasteiger partial charge in [-0.05, 0) is 12.8 Å². The number of carbonyl (C=O) groups excluding carboxylic acids is 1. The molecule has 0 aromatic carbocycles. The lowest BCUT2D eigenvalue weighted by atomic mass is 9.95. The molecule has 1 rings (SSSR count). The first-order chi connectivity index (χ1) is 6.02. The van der Waals surface area contributed by atoms with E-state index in [4.69, 9.17) is 16.7 Å². The number of carboxylic acid groups (broad SMARTS) is 1. The van der Waals surface area contributed by atoms with Crippen LogP contribution in [0.15, 0.2) is 0 Å². The summed E-state index contributed by atoms with van der Waals surface area (Å²) in [6.07, 6.45) is 1.46. The van der Waals surface area contributed by atoms with E-state index in [9.17, 15) is 9.59 Å². The minimum Gasteiger partial charge on any atom is -0.481 e. The lowest BCUT2D eigenvalue weighted by Gasteiger charge is -2.22. The van der Waals surface area contributed by atoms with Gasteiger partial charge in [0.25, 0.3) is 0 Å². The van der Waals surface area contributed by atoms with Crippen molar-refractivity contribution in [3.8, 4) is 0 Å². The molecule has 0 spiro atoms. The standard InChI is InChI=1S/C8H11ClO4/c1-13-7(12)8(9)4-2-3-5(8)6(10)11/h5H,2-4H2,1H3,(H,10,11). The first-order valence-electron chi connectivity index (χ1n) is 4.02. The van der Waals surface area contributed by atoms with Gasteiger partial charge < -0.3 is 9.84 Å². The van der Waals surface area contributed by atoms with E-state index in [1.165, 1.54) is 7.11 Å². The number of esters is 1. The number of hydrogen-bond donors (Lipinski definition) is 1. The zero-order valence-corrected chi connectivity index (χ0v) is 8.00. The van der Waals surface area contributed by atoms with Gasteiger partial charge in [0.2, 0.25) is 0 Å². The summed E-state index contributed by atoms with van der Waals surface area (Å²) in [5, 5.41) is 8.80. The van der Waals surface area contributed by atoms with Gasteiger partial charge in [0.15, 0.2) is 4.87 Å². The molecule has 0 radical (unpaired) electrons. The lowest BCUT2D eigenvalue weighted by Crippen LogP contribution is -2.41. The van der Waals surface area contributed by atoms with Gasteiger partial charge in [0.1, 0.15) is 0 Å². The van der Waals surface area contributed by atoms with Crippen molar-refractivity contribution in [1.82, 2.24) is 0 Å². The van der Waals surface area contributed by atoms with E-state index in [-0.39, 0.29) is 0 Å². The first-order valence-corrected chi connectivity index (χ1v) is 4.40. The Labute approximate surface area is 80.8 Å². The molecule has 0 aromatic heterocycles. The number of methoxy groups -OCH3 is 1. The van der Waals surface area contributed by atoms with E-state index in [2.05, 4.69) is 4.74 Å². The Bertz CT molecular complexity index is 240. The average molecular weight is 207 g/mol. The summed E-state index contributed by atoms with van der Waals surface area (Å²) in [4.78, 5) is 20.6. The minimum atomic E-state index is -1.35. The summed E-state index contributed by atoms with van der Waals surface area (Å²) in [6.45, 7) is 0. The summed E-state index contributed by atoms with van der Waals surface area (Å²) in [6, 6.07) is 0. The van der Waals surface area contributed by atoms with Crippen LogP contribution < -0.4 is 0 Å². The predicted octanol–water partition coefficient (Wildman–Crippen LogP) is 1.02. The van der Waals surface area contributed by atoms with Crippen LogP contribution in [0.1, 0.15) is 19.3 Å². The van der Waals surface area contributed by atoms with E-state index in [0.717, 1.165) is 0 Å². The van der Waals surface area contributed by atoms with E-state index >= 15 is 0 Å². The maximum absolute atomic E-state index is 11.2. The molecule has 1 aliphatic rings. The van der Waals surface area contributed by atoms with Crippen molar-refractivity contribution in [1.29, 1.82) is 0 Å². The van der Waals surface area contributed by atoms with Crippen molar-refractivity contribution in [3.05, 3.63) is 0 Å². The lowest BCUT2D eigenvalue weighted by molar-refractivity contribution is -0.152. The van der Waals surface area contributed by atoms with Crippen molar-refractivity contribution in [2.24, 2.45) is 5.92 Å². The van der Waals surface area contributed by atoms with Crippen molar-refractivity contribution in [2.45, 2.75) is 24.1 Å². The highest BCUT2D eigenvalue weighted by atomic mass is 35.5. The van der Waals surface area contributed by atoms with Crippen LogP contribution in [-0.4, -0.2) is 29.0 Å². The van der Waals surface area contributed by atoms with Crippen LogP contribution in [0, 0.1) is 5.92 Å². The molecule has 0 heterocycles. The van der Waals surface area contributed by atoms with Crippen LogP contribution >= 0.6 is 11.6 Å². The molecule has 0 saturated heterocycles. The molecule has 1 N–H and O–H groups in total. The van der Waals surface area contributed by atoms with Gasteiger partial charge in [-0.3, -0.25) is 9.59 Å². The number of alkyl halides is 1. The molecule has 0 amide bonds. The van der Waals surface area contributed by atoms with E-state index in [1.807, 2.05) is 0 Å².